The van der Waals surface area contributed by atoms with Crippen LogP contribution < -0.4 is 5.32 Å². The van der Waals surface area contributed by atoms with Crippen molar-refractivity contribution >= 4 is 29.7 Å². The third kappa shape index (κ3) is 4.87. The zero-order chi connectivity index (χ0) is 22.4. The van der Waals surface area contributed by atoms with Crippen molar-refractivity contribution in [3.05, 3.63) is 22.5 Å². The van der Waals surface area contributed by atoms with Gasteiger partial charge in [-0.1, -0.05) is 0 Å². The maximum Gasteiger partial charge on any atom is 0.337 e. The van der Waals surface area contributed by atoms with Crippen molar-refractivity contribution in [1.29, 1.82) is 0 Å². The molecule has 0 aliphatic carbocycles. The molecule has 2 rings (SSSR count). The molecule has 1 N–H and O–H groups in total. The SMILES string of the molecule is CCOC(=O)C1=C(C)NC(C)=C(C(=O)OCC)C1C(=O)OCC(=O)N1CCCC1=O. The summed E-state index contributed by atoms with van der Waals surface area (Å²) in [5.41, 5.74) is 0.449. The number of carbonyl (C=O) groups excluding carboxylic acids is 5. The fourth-order valence-corrected chi connectivity index (χ4v) is 3.39. The van der Waals surface area contributed by atoms with E-state index >= 15 is 0 Å². The van der Waals surface area contributed by atoms with Gasteiger partial charge in [-0.05, 0) is 34.1 Å². The van der Waals surface area contributed by atoms with Crippen LogP contribution in [0.25, 0.3) is 0 Å². The highest BCUT2D eigenvalue weighted by Gasteiger charge is 2.43. The molecule has 0 unspecified atom stereocenters. The van der Waals surface area contributed by atoms with Gasteiger partial charge in [-0.2, -0.15) is 0 Å². The number of esters is 3. The summed E-state index contributed by atoms with van der Waals surface area (Å²) in [6, 6.07) is 0. The molecular weight excluding hydrogens is 396 g/mol. The molecule has 0 aromatic carbocycles. The van der Waals surface area contributed by atoms with Crippen molar-refractivity contribution < 1.29 is 38.2 Å². The van der Waals surface area contributed by atoms with E-state index < -0.39 is 36.3 Å². The number of nitrogens with one attached hydrogen (secondary N) is 1. The Hall–Kier alpha value is -3.17. The van der Waals surface area contributed by atoms with E-state index in [-0.39, 0.29) is 43.2 Å². The molecule has 0 bridgehead atoms. The Balaban J connectivity index is 2.31. The Morgan fingerprint density at radius 2 is 1.50 bits per heavy atom. The number of allylic oxidation sites excluding steroid dienone is 2. The maximum atomic E-state index is 12.9. The zero-order valence-electron chi connectivity index (χ0n) is 17.5. The van der Waals surface area contributed by atoms with Crippen LogP contribution in [0.5, 0.6) is 0 Å². The van der Waals surface area contributed by atoms with Gasteiger partial charge >= 0.3 is 17.9 Å². The molecule has 0 aromatic heterocycles. The number of carbonyl (C=O) groups is 5. The van der Waals surface area contributed by atoms with Crippen LogP contribution in [0.4, 0.5) is 0 Å². The molecule has 2 amide bonds. The van der Waals surface area contributed by atoms with Gasteiger partial charge in [0.2, 0.25) is 5.91 Å². The van der Waals surface area contributed by atoms with E-state index in [1.165, 1.54) is 0 Å². The van der Waals surface area contributed by atoms with Crippen molar-refractivity contribution in [2.45, 2.75) is 40.5 Å². The highest BCUT2D eigenvalue weighted by atomic mass is 16.5. The molecule has 2 aliphatic heterocycles. The third-order valence-electron chi connectivity index (χ3n) is 4.70. The summed E-state index contributed by atoms with van der Waals surface area (Å²) in [4.78, 5) is 62.9. The highest BCUT2D eigenvalue weighted by molar-refractivity contribution is 6.06. The molecule has 0 atom stereocenters. The number of dihydropyridines is 1. The molecule has 0 spiro atoms. The summed E-state index contributed by atoms with van der Waals surface area (Å²) in [6.07, 6.45) is 0.814. The predicted octanol–water partition coefficient (Wildman–Crippen LogP) is 0.572. The number of imide groups is 1. The van der Waals surface area contributed by atoms with Gasteiger partial charge in [0, 0.05) is 24.4 Å². The summed E-state index contributed by atoms with van der Waals surface area (Å²) in [7, 11) is 0. The van der Waals surface area contributed by atoms with Crippen molar-refractivity contribution in [3.8, 4) is 0 Å². The topological polar surface area (TPSA) is 128 Å². The van der Waals surface area contributed by atoms with Crippen LogP contribution in [0.1, 0.15) is 40.5 Å². The Morgan fingerprint density at radius 3 is 1.93 bits per heavy atom. The fraction of sp³-hybridized carbons (Fsp3) is 0.550. The maximum absolute atomic E-state index is 12.9. The molecule has 1 fully saturated rings. The van der Waals surface area contributed by atoms with Crippen LogP contribution in [0.15, 0.2) is 22.5 Å². The summed E-state index contributed by atoms with van der Waals surface area (Å²) < 4.78 is 15.2. The third-order valence-corrected chi connectivity index (χ3v) is 4.70. The molecule has 164 valence electrons. The lowest BCUT2D eigenvalue weighted by Gasteiger charge is -2.28. The van der Waals surface area contributed by atoms with E-state index in [0.717, 1.165) is 4.90 Å². The lowest BCUT2D eigenvalue weighted by atomic mass is 9.85. The summed E-state index contributed by atoms with van der Waals surface area (Å²) in [5, 5.41) is 2.89. The summed E-state index contributed by atoms with van der Waals surface area (Å²) in [5.74, 6) is -4.98. The van der Waals surface area contributed by atoms with Gasteiger partial charge in [0.1, 0.15) is 5.92 Å². The van der Waals surface area contributed by atoms with Crippen molar-refractivity contribution in [3.63, 3.8) is 0 Å². The van der Waals surface area contributed by atoms with Gasteiger partial charge in [-0.25, -0.2) is 9.59 Å². The van der Waals surface area contributed by atoms with Gasteiger partial charge in [0.15, 0.2) is 6.61 Å². The van der Waals surface area contributed by atoms with Gasteiger partial charge in [0.05, 0.1) is 24.4 Å². The van der Waals surface area contributed by atoms with E-state index in [4.69, 9.17) is 14.2 Å². The Bertz CT molecular complexity index is 787. The Morgan fingerprint density at radius 1 is 0.967 bits per heavy atom. The summed E-state index contributed by atoms with van der Waals surface area (Å²) >= 11 is 0. The number of hydrogen-bond acceptors (Lipinski definition) is 9. The second-order valence-corrected chi connectivity index (χ2v) is 6.73. The molecule has 30 heavy (non-hydrogen) atoms. The average Bonchev–Trinajstić information content (AvgIpc) is 3.11. The quantitative estimate of drug-likeness (QED) is 0.462. The molecule has 10 nitrogen and oxygen atoms in total. The van der Waals surface area contributed by atoms with Crippen LogP contribution in [0, 0.1) is 5.92 Å². The second kappa shape index (κ2) is 10.0. The van der Waals surface area contributed by atoms with Crippen LogP contribution >= 0.6 is 0 Å². The number of amides is 2. The number of rotatable bonds is 7. The summed E-state index contributed by atoms with van der Waals surface area (Å²) in [6.45, 7) is 6.04. The first-order chi connectivity index (χ1) is 14.2. The lowest BCUT2D eigenvalue weighted by Crippen LogP contribution is -2.40. The average molecular weight is 422 g/mol. The number of ether oxygens (including phenoxy) is 3. The van der Waals surface area contributed by atoms with E-state index in [9.17, 15) is 24.0 Å². The predicted molar refractivity (Wildman–Crippen MR) is 102 cm³/mol. The first kappa shape index (κ1) is 23.1. The number of nitrogens with zero attached hydrogens (tertiary/aromatic N) is 1. The minimum atomic E-state index is -1.42. The first-order valence-electron chi connectivity index (χ1n) is 9.75. The van der Waals surface area contributed by atoms with Crippen molar-refractivity contribution in [2.75, 3.05) is 26.4 Å². The smallest absolute Gasteiger partial charge is 0.337 e. The van der Waals surface area contributed by atoms with E-state index in [2.05, 4.69) is 5.32 Å². The number of hydrogen-bond donors (Lipinski definition) is 1. The van der Waals surface area contributed by atoms with Gasteiger partial charge < -0.3 is 19.5 Å². The Kier molecular flexibility index (Phi) is 7.73. The normalized spacial score (nSPS) is 17.1. The molecule has 0 saturated carbocycles. The van der Waals surface area contributed by atoms with Crippen LogP contribution in [-0.4, -0.2) is 61.0 Å². The fourth-order valence-electron chi connectivity index (χ4n) is 3.39. The van der Waals surface area contributed by atoms with Crippen LogP contribution in [-0.2, 0) is 38.2 Å². The highest BCUT2D eigenvalue weighted by Crippen LogP contribution is 2.32. The van der Waals surface area contributed by atoms with E-state index in [1.807, 2.05) is 0 Å². The van der Waals surface area contributed by atoms with Crippen molar-refractivity contribution in [2.24, 2.45) is 5.92 Å². The molecule has 0 aromatic rings. The minimum absolute atomic E-state index is 0.0599. The largest absolute Gasteiger partial charge is 0.463 e. The Labute approximate surface area is 174 Å². The van der Waals surface area contributed by atoms with Crippen LogP contribution in [0.2, 0.25) is 0 Å². The molecule has 10 heteroatoms. The van der Waals surface area contributed by atoms with E-state index in [0.29, 0.717) is 17.8 Å². The standard InChI is InChI=1S/C20H26N2O8/c1-5-28-18(25)15-11(3)21-12(4)16(19(26)29-6-2)17(15)20(27)30-10-14(24)22-9-7-8-13(22)23/h17,21H,5-10H2,1-4H3. The van der Waals surface area contributed by atoms with Gasteiger partial charge in [-0.3, -0.25) is 19.3 Å². The molecule has 2 heterocycles. The molecule has 2 aliphatic rings. The molecule has 1 saturated heterocycles. The zero-order valence-corrected chi connectivity index (χ0v) is 17.5. The van der Waals surface area contributed by atoms with Crippen molar-refractivity contribution in [1.82, 2.24) is 10.2 Å². The molecule has 0 radical (unpaired) electrons. The van der Waals surface area contributed by atoms with Gasteiger partial charge in [0.25, 0.3) is 5.91 Å². The monoisotopic (exact) mass is 422 g/mol. The lowest BCUT2D eigenvalue weighted by molar-refractivity contribution is -0.157. The number of likely N-dealkylation sites (tertiary alicyclic amines) is 1. The second-order valence-electron chi connectivity index (χ2n) is 6.73. The molecular formula is C20H26N2O8. The van der Waals surface area contributed by atoms with Crippen LogP contribution in [0.3, 0.4) is 0 Å². The van der Waals surface area contributed by atoms with E-state index in [1.54, 1.807) is 27.7 Å². The minimum Gasteiger partial charge on any atom is -0.463 e. The first-order valence-corrected chi connectivity index (χ1v) is 9.75. The van der Waals surface area contributed by atoms with Gasteiger partial charge in [-0.15, -0.1) is 0 Å².